The molecule has 0 saturated heterocycles. The summed E-state index contributed by atoms with van der Waals surface area (Å²) in [5, 5.41) is 1.77. The van der Waals surface area contributed by atoms with Crippen LogP contribution in [0, 0.1) is 45.3 Å². The van der Waals surface area contributed by atoms with Gasteiger partial charge in [0, 0.05) is 28.9 Å². The average Bonchev–Trinajstić information content (AvgIpc) is 3.59. The van der Waals surface area contributed by atoms with Gasteiger partial charge in [0.05, 0.1) is 18.6 Å². The van der Waals surface area contributed by atoms with Gasteiger partial charge >= 0.3 is 21.1 Å². The number of fused-ring (bicyclic) bond motifs is 3. The fraction of sp³-hybridized carbons (Fsp3) is 0.0833. The number of hydrogen-bond acceptors (Lipinski definition) is 3. The van der Waals surface area contributed by atoms with Crippen LogP contribution >= 0.6 is 0 Å². The maximum Gasteiger partial charge on any atom is 2.00 e. The van der Waals surface area contributed by atoms with Crippen molar-refractivity contribution in [3.05, 3.63) is 138 Å². The molecule has 0 atom stereocenters. The molecule has 44 heavy (non-hydrogen) atoms. The molecule has 7 rings (SSSR count). The fourth-order valence-electron chi connectivity index (χ4n) is 5.54. The van der Waals surface area contributed by atoms with Crippen LogP contribution in [0.2, 0.25) is 0 Å². The molecule has 0 aliphatic carbocycles. The summed E-state index contributed by atoms with van der Waals surface area (Å²) in [6.07, 6.45) is 5.44. The predicted molar refractivity (Wildman–Crippen MR) is 166 cm³/mol. The maximum absolute atomic E-state index is 14.4. The monoisotopic (exact) mass is 756 g/mol. The SMILES string of the molecule is [C-]#[N+]c1cc(Oc2[c-]c3c(cc2)c2ccc(F)cc2n3-c2cc(C)ccn2)[c-]c(-c2cn(-c3c(C)cccc3C)cn2)c1.[Pt+2]. The molecule has 0 spiro atoms. The van der Waals surface area contributed by atoms with Gasteiger partial charge in [-0.2, -0.15) is 6.07 Å². The summed E-state index contributed by atoms with van der Waals surface area (Å²) < 4.78 is 24.5. The smallest absolute Gasteiger partial charge is 0.504 e. The Morgan fingerprint density at radius 3 is 2.43 bits per heavy atom. The van der Waals surface area contributed by atoms with Gasteiger partial charge in [-0.1, -0.05) is 41.9 Å². The predicted octanol–water partition coefficient (Wildman–Crippen LogP) is 9.04. The van der Waals surface area contributed by atoms with E-state index in [1.807, 2.05) is 52.6 Å². The normalized spacial score (nSPS) is 11.0. The Balaban J connectivity index is 0.00000343. The number of pyridine rings is 1. The van der Waals surface area contributed by atoms with Crippen LogP contribution in [0.15, 0.2) is 91.5 Å². The van der Waals surface area contributed by atoms with E-state index < -0.39 is 0 Å². The van der Waals surface area contributed by atoms with Crippen LogP contribution in [-0.2, 0) is 21.1 Å². The van der Waals surface area contributed by atoms with Gasteiger partial charge in [0.2, 0.25) is 0 Å². The van der Waals surface area contributed by atoms with Gasteiger partial charge in [-0.15, -0.1) is 29.1 Å². The Morgan fingerprint density at radius 2 is 1.66 bits per heavy atom. The topological polar surface area (TPSA) is 49.2 Å². The number of hydrogen-bond donors (Lipinski definition) is 0. The summed E-state index contributed by atoms with van der Waals surface area (Å²) in [5.41, 5.74) is 7.48. The van der Waals surface area contributed by atoms with E-state index in [2.05, 4.69) is 52.9 Å². The van der Waals surface area contributed by atoms with Crippen molar-refractivity contribution in [3.8, 4) is 34.3 Å². The first-order valence-electron chi connectivity index (χ1n) is 13.7. The average molecular weight is 757 g/mol. The van der Waals surface area contributed by atoms with E-state index in [4.69, 9.17) is 11.3 Å². The summed E-state index contributed by atoms with van der Waals surface area (Å²) in [6, 6.07) is 28.5. The zero-order valence-electron chi connectivity index (χ0n) is 24.0. The largest absolute Gasteiger partial charge is 2.00 e. The molecule has 0 amide bonds. The number of nitrogens with zero attached hydrogens (tertiary/aromatic N) is 5. The zero-order valence-corrected chi connectivity index (χ0v) is 26.3. The van der Waals surface area contributed by atoms with Crippen molar-refractivity contribution in [3.63, 3.8) is 0 Å². The second kappa shape index (κ2) is 11.6. The number of benzene rings is 4. The Hall–Kier alpha value is -5.05. The van der Waals surface area contributed by atoms with Gasteiger partial charge in [-0.25, -0.2) is 9.37 Å². The molecule has 0 N–H and O–H groups in total. The first kappa shape index (κ1) is 29.0. The van der Waals surface area contributed by atoms with Crippen LogP contribution in [0.4, 0.5) is 10.1 Å². The quantitative estimate of drug-likeness (QED) is 0.165. The maximum atomic E-state index is 14.4. The van der Waals surface area contributed by atoms with E-state index in [1.54, 1.807) is 30.7 Å². The molecule has 0 aliphatic heterocycles. The van der Waals surface area contributed by atoms with E-state index in [-0.39, 0.29) is 26.9 Å². The van der Waals surface area contributed by atoms with Gasteiger partial charge < -0.3 is 13.9 Å². The van der Waals surface area contributed by atoms with Crippen molar-refractivity contribution >= 4 is 27.5 Å². The Labute approximate surface area is 268 Å². The Morgan fingerprint density at radius 1 is 0.864 bits per heavy atom. The number of aromatic nitrogens is 4. The molecule has 6 nitrogen and oxygen atoms in total. The number of ether oxygens (including phenoxy) is 1. The summed E-state index contributed by atoms with van der Waals surface area (Å²) in [6.45, 7) is 13.8. The third-order valence-corrected chi connectivity index (χ3v) is 7.48. The van der Waals surface area contributed by atoms with Crippen molar-refractivity contribution in [2.45, 2.75) is 20.8 Å². The molecule has 8 heteroatoms. The van der Waals surface area contributed by atoms with Gasteiger partial charge in [-0.05, 0) is 73.3 Å². The number of para-hydroxylation sites is 1. The van der Waals surface area contributed by atoms with Gasteiger partial charge in [-0.3, -0.25) is 9.83 Å². The second-order valence-electron chi connectivity index (χ2n) is 10.5. The van der Waals surface area contributed by atoms with Crippen molar-refractivity contribution in [2.75, 3.05) is 0 Å². The molecular formula is C36H24FN5OPt. The van der Waals surface area contributed by atoms with Crippen LogP contribution in [0.3, 0.4) is 0 Å². The molecular weight excluding hydrogens is 733 g/mol. The minimum absolute atomic E-state index is 0. The minimum Gasteiger partial charge on any atom is -0.504 e. The summed E-state index contributed by atoms with van der Waals surface area (Å²) in [5.74, 6) is 1.11. The van der Waals surface area contributed by atoms with Crippen molar-refractivity contribution in [2.24, 2.45) is 0 Å². The molecule has 4 aromatic carbocycles. The minimum atomic E-state index is -0.334. The third kappa shape index (κ3) is 5.19. The summed E-state index contributed by atoms with van der Waals surface area (Å²) in [7, 11) is 0. The van der Waals surface area contributed by atoms with Crippen LogP contribution in [0.25, 0.3) is 49.4 Å². The third-order valence-electron chi connectivity index (χ3n) is 7.48. The van der Waals surface area contributed by atoms with Crippen LogP contribution < -0.4 is 4.74 Å². The molecule has 0 saturated carbocycles. The number of rotatable bonds is 5. The molecule has 216 valence electrons. The molecule has 3 aromatic heterocycles. The molecule has 0 aliphatic rings. The van der Waals surface area contributed by atoms with Crippen LogP contribution in [-0.4, -0.2) is 19.1 Å². The Bertz CT molecular complexity index is 2220. The van der Waals surface area contributed by atoms with E-state index >= 15 is 0 Å². The molecule has 3 heterocycles. The molecule has 0 unspecified atom stereocenters. The van der Waals surface area contributed by atoms with Crippen molar-refractivity contribution < 1.29 is 30.2 Å². The molecule has 0 fully saturated rings. The number of halogens is 1. The van der Waals surface area contributed by atoms with E-state index in [1.165, 1.54) is 12.1 Å². The van der Waals surface area contributed by atoms with Crippen LogP contribution in [0.1, 0.15) is 16.7 Å². The summed E-state index contributed by atoms with van der Waals surface area (Å²) in [4.78, 5) is 12.8. The fourth-order valence-corrected chi connectivity index (χ4v) is 5.54. The molecule has 0 radical (unpaired) electrons. The molecule has 7 aromatic rings. The van der Waals surface area contributed by atoms with Crippen molar-refractivity contribution in [1.29, 1.82) is 0 Å². The number of aryl methyl sites for hydroxylation is 3. The van der Waals surface area contributed by atoms with Gasteiger partial charge in [0.25, 0.3) is 0 Å². The van der Waals surface area contributed by atoms with Crippen molar-refractivity contribution in [1.82, 2.24) is 19.1 Å². The standard InChI is InChI=1S/C36H24FN5O.Pt/c1-22-12-13-39-35(14-22)42-33-17-26(37)8-10-30(33)31-11-9-28(19-34(31)42)43-29-16-25(15-27(18-29)38-4)32-20-41(21-40-32)36-23(2)6-5-7-24(36)3;/h5-15,17-18,20-21H,1-3H3;/q-2;+2. The Kier molecular flexibility index (Phi) is 7.63. The van der Waals surface area contributed by atoms with E-state index in [0.29, 0.717) is 45.3 Å². The van der Waals surface area contributed by atoms with E-state index in [9.17, 15) is 4.39 Å². The second-order valence-corrected chi connectivity index (χ2v) is 10.5. The van der Waals surface area contributed by atoms with E-state index in [0.717, 1.165) is 33.2 Å². The first-order valence-corrected chi connectivity index (χ1v) is 13.7. The summed E-state index contributed by atoms with van der Waals surface area (Å²) >= 11 is 0. The van der Waals surface area contributed by atoms with Crippen LogP contribution in [0.5, 0.6) is 11.5 Å². The van der Waals surface area contributed by atoms with Gasteiger partial charge in [0.15, 0.2) is 0 Å². The first-order chi connectivity index (χ1) is 20.9. The number of imidazole rings is 1. The zero-order chi connectivity index (χ0) is 29.7. The molecule has 0 bridgehead atoms. The van der Waals surface area contributed by atoms with Gasteiger partial charge in [0.1, 0.15) is 17.3 Å².